The Morgan fingerprint density at radius 1 is 0.816 bits per heavy atom. The number of fused-ring (bicyclic) bond motifs is 3. The number of allylic oxidation sites excluding steroid dienone is 1. The number of carbonyl (C=O) groups excluding carboxylic acids is 1. The molecule has 1 heterocycles. The van der Waals surface area contributed by atoms with Gasteiger partial charge in [0.1, 0.15) is 42.3 Å². The minimum absolute atomic E-state index is 0.0194. The van der Waals surface area contributed by atoms with E-state index < -0.39 is 34.6 Å². The van der Waals surface area contributed by atoms with E-state index in [4.69, 9.17) is 33.7 Å². The molecule has 0 saturated heterocycles. The lowest BCUT2D eigenvalue weighted by atomic mass is 9.55. The fourth-order valence-corrected chi connectivity index (χ4v) is 11.1. The summed E-state index contributed by atoms with van der Waals surface area (Å²) in [6.45, 7) is 4.42. The average molecular weight is 1030 g/mol. The van der Waals surface area contributed by atoms with Gasteiger partial charge in [-0.15, -0.1) is 6.58 Å². The van der Waals surface area contributed by atoms with Crippen molar-refractivity contribution in [3.63, 3.8) is 0 Å². The summed E-state index contributed by atoms with van der Waals surface area (Å²) in [6, 6.07) is 40.5. The topological polar surface area (TPSA) is 172 Å². The quantitative estimate of drug-likeness (QED) is 0.0242. The molecule has 1 fully saturated rings. The smallest absolute Gasteiger partial charge is 0.410 e. The van der Waals surface area contributed by atoms with Crippen molar-refractivity contribution in [2.45, 2.75) is 82.5 Å². The molecule has 0 aromatic heterocycles. The van der Waals surface area contributed by atoms with Crippen LogP contribution in [0.1, 0.15) is 73.1 Å². The Morgan fingerprint density at radius 2 is 1.51 bits per heavy atom. The molecule has 396 valence electrons. The van der Waals surface area contributed by atoms with Crippen LogP contribution in [-0.4, -0.2) is 76.7 Å². The van der Waals surface area contributed by atoms with Crippen molar-refractivity contribution < 1.29 is 52.8 Å². The summed E-state index contributed by atoms with van der Waals surface area (Å²) in [5.74, 6) is -1.47. The summed E-state index contributed by atoms with van der Waals surface area (Å²) >= 11 is 0. The van der Waals surface area contributed by atoms with E-state index in [0.29, 0.717) is 66.4 Å². The van der Waals surface area contributed by atoms with Crippen LogP contribution in [-0.2, 0) is 38.8 Å². The van der Waals surface area contributed by atoms with Crippen LogP contribution >= 0.6 is 0 Å². The Kier molecular flexibility index (Phi) is 17.8. The van der Waals surface area contributed by atoms with Crippen molar-refractivity contribution in [2.24, 2.45) is 22.9 Å². The molecular weight excluding hydrogens is 970 g/mol. The molecule has 6 aromatic carbocycles. The Balaban J connectivity index is 1.19. The molecule has 14 nitrogen and oxygen atoms in total. The standard InChI is InChI=1S/C61H64FN3O11/c1-2-32-73-61-57(64(39-42-18-23-48(62)24-19-42)60(68)72-34-33-71-40-43-12-4-3-5-13-43)38-55(63-74-41-44-20-25-49(26-21-44)65(69)70)53-36-47(16-8-10-30-66)52(17-9-11-31-67)58(59(53)61)54-37-51(28-29-56(54)76-61)75-50-27-22-45-14-6-7-15-46(45)35-50/h2-7,12-15,18-29,35-37,47,52,57-59,66-67H,1,8-11,16-17,30-34,38-41H2. The summed E-state index contributed by atoms with van der Waals surface area (Å²) in [6.07, 6.45) is 7.32. The molecule has 2 aliphatic carbocycles. The largest absolute Gasteiger partial charge is 0.459 e. The van der Waals surface area contributed by atoms with Crippen LogP contribution in [0.4, 0.5) is 14.9 Å². The highest BCUT2D eigenvalue weighted by Crippen LogP contribution is 2.62. The molecule has 9 rings (SSSR count). The molecular formula is C61H64FN3O11. The van der Waals surface area contributed by atoms with Crippen molar-refractivity contribution in [3.8, 4) is 17.2 Å². The second-order valence-corrected chi connectivity index (χ2v) is 19.5. The van der Waals surface area contributed by atoms with E-state index in [0.717, 1.165) is 40.3 Å². The van der Waals surface area contributed by atoms with Gasteiger partial charge in [-0.2, -0.15) is 0 Å². The van der Waals surface area contributed by atoms with E-state index in [9.17, 15) is 24.7 Å². The zero-order valence-electron chi connectivity index (χ0n) is 42.4. The van der Waals surface area contributed by atoms with Crippen LogP contribution in [0.15, 0.2) is 169 Å². The molecule has 3 aliphatic rings. The SMILES string of the molecule is C=CCOC12Oc3ccc(Oc4ccc5ccccc5c4)cc3C3C(CCCCO)C(CCCCO)C=C(C(=NOCc4ccc([N+](=O)[O-])cc4)CC1N(Cc1ccc(F)cc1)C(=O)OCCOCc1ccccc1)C32. The van der Waals surface area contributed by atoms with E-state index in [1.807, 2.05) is 84.9 Å². The summed E-state index contributed by atoms with van der Waals surface area (Å²) in [5.41, 5.74) is 4.37. The summed E-state index contributed by atoms with van der Waals surface area (Å²) < 4.78 is 47.9. The summed E-state index contributed by atoms with van der Waals surface area (Å²) in [4.78, 5) is 33.9. The number of carbonyl (C=O) groups is 1. The van der Waals surface area contributed by atoms with E-state index in [1.54, 1.807) is 35.2 Å². The number of nitrogens with zero attached hydrogens (tertiary/aromatic N) is 3. The maximum Gasteiger partial charge on any atom is 0.410 e. The molecule has 6 unspecified atom stereocenters. The molecule has 6 aromatic rings. The van der Waals surface area contributed by atoms with Crippen LogP contribution in [0.25, 0.3) is 10.8 Å². The number of halogens is 1. The number of unbranched alkanes of at least 4 members (excludes halogenated alkanes) is 2. The Bertz CT molecular complexity index is 2990. The Hall–Kier alpha value is -7.43. The molecule has 76 heavy (non-hydrogen) atoms. The first-order valence-electron chi connectivity index (χ1n) is 26.1. The van der Waals surface area contributed by atoms with Gasteiger partial charge in [0.25, 0.3) is 5.69 Å². The van der Waals surface area contributed by atoms with Gasteiger partial charge >= 0.3 is 6.09 Å². The van der Waals surface area contributed by atoms with E-state index >= 15 is 4.79 Å². The molecule has 1 saturated carbocycles. The third kappa shape index (κ3) is 12.5. The van der Waals surface area contributed by atoms with Crippen molar-refractivity contribution >= 4 is 28.3 Å². The number of ether oxygens (including phenoxy) is 5. The third-order valence-corrected chi connectivity index (χ3v) is 14.6. The zero-order chi connectivity index (χ0) is 52.9. The number of hydrogen-bond donors (Lipinski definition) is 2. The summed E-state index contributed by atoms with van der Waals surface area (Å²) in [7, 11) is 0. The minimum atomic E-state index is -1.63. The van der Waals surface area contributed by atoms with Gasteiger partial charge in [-0.25, -0.2) is 9.18 Å². The van der Waals surface area contributed by atoms with Gasteiger partial charge in [0, 0.05) is 49.8 Å². The highest BCUT2D eigenvalue weighted by atomic mass is 19.1. The van der Waals surface area contributed by atoms with Gasteiger partial charge < -0.3 is 38.7 Å². The number of benzene rings is 6. The van der Waals surface area contributed by atoms with Crippen LogP contribution in [0.5, 0.6) is 17.2 Å². The van der Waals surface area contributed by atoms with E-state index in [-0.39, 0.29) is 76.0 Å². The molecule has 2 N–H and O–H groups in total. The number of rotatable bonds is 25. The predicted octanol–water partition coefficient (Wildman–Crippen LogP) is 12.4. The first-order valence-corrected chi connectivity index (χ1v) is 26.1. The maximum absolute atomic E-state index is 15.1. The van der Waals surface area contributed by atoms with Gasteiger partial charge in [0.2, 0.25) is 5.79 Å². The predicted molar refractivity (Wildman–Crippen MR) is 286 cm³/mol. The molecule has 1 aliphatic heterocycles. The maximum atomic E-state index is 15.1. The van der Waals surface area contributed by atoms with Crippen molar-refractivity contribution in [1.82, 2.24) is 4.90 Å². The van der Waals surface area contributed by atoms with Gasteiger partial charge in [-0.1, -0.05) is 103 Å². The Morgan fingerprint density at radius 3 is 2.26 bits per heavy atom. The molecule has 0 bridgehead atoms. The fraction of sp³-hybridized carbons (Fsp3) is 0.344. The average Bonchev–Trinajstić information content (AvgIpc) is 3.54. The first-order chi connectivity index (χ1) is 37.2. The number of aliphatic hydroxyl groups excluding tert-OH is 2. The molecule has 0 spiro atoms. The highest BCUT2D eigenvalue weighted by molar-refractivity contribution is 6.03. The second-order valence-electron chi connectivity index (χ2n) is 19.5. The van der Waals surface area contributed by atoms with Crippen LogP contribution in [0, 0.1) is 33.7 Å². The molecule has 0 radical (unpaired) electrons. The number of amides is 1. The number of nitro groups is 1. The number of oxime groups is 1. The summed E-state index contributed by atoms with van der Waals surface area (Å²) in [5, 5.41) is 38.7. The first kappa shape index (κ1) is 53.4. The van der Waals surface area contributed by atoms with Crippen molar-refractivity contribution in [2.75, 3.05) is 33.0 Å². The number of nitro benzene ring substituents is 1. The lowest BCUT2D eigenvalue weighted by Crippen LogP contribution is -2.70. The fourth-order valence-electron chi connectivity index (χ4n) is 11.1. The minimum Gasteiger partial charge on any atom is -0.459 e. The lowest BCUT2D eigenvalue weighted by Gasteiger charge is -2.59. The van der Waals surface area contributed by atoms with E-state index in [2.05, 4.69) is 18.7 Å². The van der Waals surface area contributed by atoms with E-state index in [1.165, 1.54) is 24.3 Å². The van der Waals surface area contributed by atoms with Crippen molar-refractivity contribution in [1.29, 1.82) is 0 Å². The number of aliphatic hydroxyl groups is 2. The van der Waals surface area contributed by atoms with Crippen LogP contribution < -0.4 is 9.47 Å². The Labute approximate surface area is 442 Å². The van der Waals surface area contributed by atoms with Crippen molar-refractivity contribution in [3.05, 3.63) is 202 Å². The zero-order valence-corrected chi connectivity index (χ0v) is 42.4. The normalized spacial score (nSPS) is 20.9. The third-order valence-electron chi connectivity index (χ3n) is 14.6. The van der Waals surface area contributed by atoms with Gasteiger partial charge in [-0.05, 0) is 125 Å². The monoisotopic (exact) mass is 1030 g/mol. The van der Waals surface area contributed by atoms with Crippen LogP contribution in [0.3, 0.4) is 0 Å². The van der Waals surface area contributed by atoms with Gasteiger partial charge in [-0.3, -0.25) is 15.0 Å². The van der Waals surface area contributed by atoms with Gasteiger partial charge in [0.15, 0.2) is 0 Å². The molecule has 6 atom stereocenters. The number of non-ortho nitro benzene ring substituents is 1. The van der Waals surface area contributed by atoms with Crippen LogP contribution in [0.2, 0.25) is 0 Å². The number of hydrogen-bond acceptors (Lipinski definition) is 12. The molecule has 15 heteroatoms. The lowest BCUT2D eigenvalue weighted by molar-refractivity contribution is -0.384. The van der Waals surface area contributed by atoms with Gasteiger partial charge in [0.05, 0.1) is 36.4 Å². The highest BCUT2D eigenvalue weighted by Gasteiger charge is 2.65. The molecule has 1 amide bonds. The second kappa shape index (κ2) is 25.4.